The molecular weight excluding hydrogens is 324 g/mol. The Balaban J connectivity index is 2.94. The van der Waals surface area contributed by atoms with Crippen molar-refractivity contribution in [2.45, 2.75) is 5.25 Å². The first-order chi connectivity index (χ1) is 9.55. The number of allylic oxidation sites excluding steroid dienone is 1. The van der Waals surface area contributed by atoms with Crippen LogP contribution >= 0.6 is 0 Å². The smallest absolute Gasteiger partial charge is 0.337 e. The van der Waals surface area contributed by atoms with E-state index in [0.29, 0.717) is 0 Å². The molecule has 1 aromatic rings. The largest absolute Gasteiger partial charge is 0.508 e. The molecule has 0 spiro atoms. The van der Waals surface area contributed by atoms with Crippen molar-refractivity contribution < 1.29 is 35.8 Å². The molecule has 112 valence electrons. The molecule has 1 atom stereocenters. The number of phenols is 1. The lowest BCUT2D eigenvalue weighted by atomic mass is 9.95. The fourth-order valence-electron chi connectivity index (χ4n) is 2.03. The van der Waals surface area contributed by atoms with Crippen molar-refractivity contribution in [3.8, 4) is 5.75 Å². The van der Waals surface area contributed by atoms with E-state index in [0.717, 1.165) is 24.3 Å². The monoisotopic (exact) mass is 332 g/mol. The highest BCUT2D eigenvalue weighted by Crippen LogP contribution is 2.37. The van der Waals surface area contributed by atoms with Crippen LogP contribution in [0.2, 0.25) is 0 Å². The Hall–Kier alpha value is -2.04. The van der Waals surface area contributed by atoms with E-state index in [1.807, 2.05) is 0 Å². The van der Waals surface area contributed by atoms with Gasteiger partial charge in [0.1, 0.15) is 5.75 Å². The maximum Gasteiger partial charge on any atom is 0.337 e. The Morgan fingerprint density at radius 1 is 1.14 bits per heavy atom. The molecule has 2 rings (SSSR count). The Labute approximate surface area is 119 Å². The highest BCUT2D eigenvalue weighted by Gasteiger charge is 2.47. The summed E-state index contributed by atoms with van der Waals surface area (Å²) < 4.78 is 63.9. The van der Waals surface area contributed by atoms with E-state index in [-0.39, 0.29) is 16.9 Å². The highest BCUT2D eigenvalue weighted by atomic mass is 32.2. The van der Waals surface area contributed by atoms with Crippen LogP contribution in [0.5, 0.6) is 5.75 Å². The van der Waals surface area contributed by atoms with Gasteiger partial charge in [0.15, 0.2) is 4.91 Å². The fraction of sp³-hybridized carbons (Fsp3) is 0.100. The Kier molecular flexibility index (Phi) is 3.48. The van der Waals surface area contributed by atoms with Crippen LogP contribution in [0.1, 0.15) is 16.4 Å². The molecule has 0 fully saturated rings. The van der Waals surface area contributed by atoms with E-state index in [9.17, 15) is 26.5 Å². The Morgan fingerprint density at radius 2 is 1.76 bits per heavy atom. The van der Waals surface area contributed by atoms with Crippen molar-refractivity contribution in [1.29, 1.82) is 0 Å². The van der Waals surface area contributed by atoms with Gasteiger partial charge in [0.25, 0.3) is 10.1 Å². The normalized spacial score (nSPS) is 18.7. The van der Waals surface area contributed by atoms with Crippen LogP contribution in [0.15, 0.2) is 23.1 Å². The molecule has 0 aliphatic heterocycles. The molecule has 11 heteroatoms. The van der Waals surface area contributed by atoms with Crippen LogP contribution in [0, 0.1) is 0 Å². The van der Waals surface area contributed by atoms with Gasteiger partial charge < -0.3 is 10.6 Å². The average molecular weight is 332 g/mol. The minimum Gasteiger partial charge on any atom is -0.508 e. The predicted octanol–water partition coefficient (Wildman–Crippen LogP) is 0.234. The van der Waals surface area contributed by atoms with Crippen molar-refractivity contribution in [2.75, 3.05) is 0 Å². The summed E-state index contributed by atoms with van der Waals surface area (Å²) in [6, 6.07) is 3.26. The molecule has 0 heterocycles. The minimum absolute atomic E-state index is 0.0716. The third-order valence-corrected chi connectivity index (χ3v) is 4.78. The van der Waals surface area contributed by atoms with Crippen molar-refractivity contribution in [3.63, 3.8) is 0 Å². The quantitative estimate of drug-likeness (QED) is 0.396. The average Bonchev–Trinajstić information content (AvgIpc) is 2.33. The first kappa shape index (κ1) is 15.4. The van der Waals surface area contributed by atoms with E-state index in [2.05, 4.69) is 4.79 Å². The summed E-state index contributed by atoms with van der Waals surface area (Å²) in [5, 5.41) is 7.34. The van der Waals surface area contributed by atoms with Crippen molar-refractivity contribution >= 4 is 32.0 Å². The lowest BCUT2D eigenvalue weighted by Crippen LogP contribution is -2.30. The molecule has 1 aliphatic carbocycles. The molecule has 9 nitrogen and oxygen atoms in total. The number of aromatic hydroxyl groups is 1. The zero-order chi connectivity index (χ0) is 16.0. The molecule has 0 amide bonds. The van der Waals surface area contributed by atoms with Crippen LogP contribution in [-0.2, 0) is 20.2 Å². The molecule has 0 aromatic heterocycles. The van der Waals surface area contributed by atoms with Crippen molar-refractivity contribution in [1.82, 2.24) is 0 Å². The molecule has 0 bridgehead atoms. The second kappa shape index (κ2) is 4.76. The summed E-state index contributed by atoms with van der Waals surface area (Å²) in [4.78, 5) is 1.58. The molecule has 0 saturated heterocycles. The lowest BCUT2D eigenvalue weighted by molar-refractivity contribution is -0.00658. The van der Waals surface area contributed by atoms with E-state index in [1.54, 1.807) is 0 Å². The topological polar surface area (TPSA) is 165 Å². The van der Waals surface area contributed by atoms with Gasteiger partial charge in [-0.2, -0.15) is 21.6 Å². The second-order valence-corrected chi connectivity index (χ2v) is 7.07. The highest BCUT2D eigenvalue weighted by molar-refractivity contribution is 7.91. The summed E-state index contributed by atoms with van der Waals surface area (Å²) in [6.07, 6.45) is 0.821. The van der Waals surface area contributed by atoms with Gasteiger partial charge in [-0.15, -0.1) is 0 Å². The van der Waals surface area contributed by atoms with Gasteiger partial charge in [0.05, 0.1) is 0 Å². The van der Waals surface area contributed by atoms with Gasteiger partial charge in [-0.25, -0.2) is 0 Å². The van der Waals surface area contributed by atoms with Crippen LogP contribution in [0.4, 0.5) is 0 Å². The molecule has 3 N–H and O–H groups in total. The minimum atomic E-state index is -4.92. The van der Waals surface area contributed by atoms with E-state index in [1.165, 1.54) is 0 Å². The molecule has 1 aliphatic rings. The molecule has 21 heavy (non-hydrogen) atoms. The maximum atomic E-state index is 11.5. The van der Waals surface area contributed by atoms with E-state index < -0.39 is 36.1 Å². The number of hydrogen-bond acceptors (Lipinski definition) is 5. The van der Waals surface area contributed by atoms with Gasteiger partial charge in [0, 0.05) is 0 Å². The van der Waals surface area contributed by atoms with Crippen molar-refractivity contribution in [3.05, 3.63) is 39.8 Å². The maximum absolute atomic E-state index is 11.5. The summed E-state index contributed by atoms with van der Waals surface area (Å²) >= 11 is 0. The number of hydrogen-bond donors (Lipinski definition) is 3. The standard InChI is InChI=1S/C10H8N2O7S2/c11-12-9-8(20(14,15)16)4-5-3-6(13)1-2-7(5)10(9)21(17,18)19/h1-4,10,13H,(H,14,15,16)(H,17,18,19). The lowest BCUT2D eigenvalue weighted by Gasteiger charge is -2.18. The van der Waals surface area contributed by atoms with Crippen LogP contribution in [-0.4, -0.2) is 41.5 Å². The van der Waals surface area contributed by atoms with Crippen LogP contribution in [0.25, 0.3) is 11.6 Å². The Bertz CT molecular complexity index is 909. The molecular formula is C10H8N2O7S2. The van der Waals surface area contributed by atoms with Gasteiger partial charge in [-0.1, -0.05) is 6.07 Å². The fourth-order valence-corrected chi connectivity index (χ4v) is 3.79. The SMILES string of the molecule is [N-]=[N+]=C1C(S(=O)(=O)O)=Cc2cc(O)ccc2C1S(=O)(=O)O. The first-order valence-corrected chi connectivity index (χ1v) is 8.20. The Morgan fingerprint density at radius 3 is 2.24 bits per heavy atom. The second-order valence-electron chi connectivity index (χ2n) is 4.18. The summed E-state index contributed by atoms with van der Waals surface area (Å²) in [5.41, 5.74) is 7.75. The number of benzene rings is 1. The van der Waals surface area contributed by atoms with Crippen LogP contribution in [0.3, 0.4) is 0 Å². The number of nitrogens with zero attached hydrogens (tertiary/aromatic N) is 2. The third kappa shape index (κ3) is 2.73. The zero-order valence-electron chi connectivity index (χ0n) is 10.1. The van der Waals surface area contributed by atoms with E-state index >= 15 is 0 Å². The van der Waals surface area contributed by atoms with Gasteiger partial charge >= 0.3 is 15.8 Å². The third-order valence-electron chi connectivity index (χ3n) is 2.82. The summed E-state index contributed by atoms with van der Waals surface area (Å²) in [6.45, 7) is 0. The molecule has 1 unspecified atom stereocenters. The van der Waals surface area contributed by atoms with E-state index in [4.69, 9.17) is 10.1 Å². The van der Waals surface area contributed by atoms with Gasteiger partial charge in [-0.05, 0) is 29.3 Å². The summed E-state index contributed by atoms with van der Waals surface area (Å²) in [7, 11) is -9.82. The number of phenolic OH excluding ortho intramolecular Hbond substituents is 1. The first-order valence-electron chi connectivity index (χ1n) is 5.26. The molecule has 0 radical (unpaired) electrons. The molecule has 1 aromatic carbocycles. The number of rotatable bonds is 2. The zero-order valence-corrected chi connectivity index (χ0v) is 11.7. The van der Waals surface area contributed by atoms with Crippen LogP contribution < -0.4 is 0 Å². The van der Waals surface area contributed by atoms with Gasteiger partial charge in [-0.3, -0.25) is 9.11 Å². The molecule has 0 saturated carbocycles. The summed E-state index contributed by atoms with van der Waals surface area (Å²) in [5.74, 6) is -0.293. The van der Waals surface area contributed by atoms with Crippen molar-refractivity contribution in [2.24, 2.45) is 0 Å². The predicted molar refractivity (Wildman–Crippen MR) is 70.5 cm³/mol. The van der Waals surface area contributed by atoms with Gasteiger partial charge in [0.2, 0.25) is 5.25 Å². The number of fused-ring (bicyclic) bond motifs is 1.